The molecule has 0 fully saturated rings. The molecule has 0 unspecified atom stereocenters. The lowest BCUT2D eigenvalue weighted by Crippen LogP contribution is -2.29. The largest absolute Gasteiger partial charge is 0.482 e. The summed E-state index contributed by atoms with van der Waals surface area (Å²) < 4.78 is 10.0. The monoisotopic (exact) mass is 337 g/mol. The standard InChI is InChI=1S/C20H19NO4/c1-14(22)21-12-17-9-10-18(25-13-20(23)24-2)11-16(17)8-7-15-5-3-4-6-19(15)21/h3-11H,12-13H2,1-2H3/b8-7-. The second-order valence-electron chi connectivity index (χ2n) is 5.72. The topological polar surface area (TPSA) is 55.8 Å². The predicted octanol–water partition coefficient (Wildman–Crippen LogP) is 3.28. The number of ether oxygens (including phenoxy) is 2. The summed E-state index contributed by atoms with van der Waals surface area (Å²) in [5.74, 6) is 0.135. The lowest BCUT2D eigenvalue weighted by molar-refractivity contribution is -0.142. The SMILES string of the molecule is COC(=O)COc1ccc2c(c1)/C=C\c1ccccc1N(C(C)=O)C2. The maximum absolute atomic E-state index is 12.1. The van der Waals surface area contributed by atoms with Gasteiger partial charge >= 0.3 is 5.97 Å². The average molecular weight is 337 g/mol. The summed E-state index contributed by atoms with van der Waals surface area (Å²) in [6, 6.07) is 13.4. The lowest BCUT2D eigenvalue weighted by atomic mass is 10.0. The van der Waals surface area contributed by atoms with E-state index in [0.29, 0.717) is 12.3 Å². The van der Waals surface area contributed by atoms with Crippen molar-refractivity contribution in [2.75, 3.05) is 18.6 Å². The Morgan fingerprint density at radius 1 is 1.08 bits per heavy atom. The second-order valence-corrected chi connectivity index (χ2v) is 5.72. The molecule has 1 heterocycles. The van der Waals surface area contributed by atoms with Gasteiger partial charge in [-0.15, -0.1) is 0 Å². The molecule has 0 radical (unpaired) electrons. The third-order valence-electron chi connectivity index (χ3n) is 4.08. The van der Waals surface area contributed by atoms with Crippen molar-refractivity contribution in [1.82, 2.24) is 0 Å². The molecule has 25 heavy (non-hydrogen) atoms. The molecular weight excluding hydrogens is 318 g/mol. The molecule has 0 aliphatic carbocycles. The zero-order valence-electron chi connectivity index (χ0n) is 14.2. The predicted molar refractivity (Wildman–Crippen MR) is 96.2 cm³/mol. The van der Waals surface area contributed by atoms with Crippen molar-refractivity contribution in [3.05, 3.63) is 59.2 Å². The molecule has 0 saturated carbocycles. The van der Waals surface area contributed by atoms with E-state index in [4.69, 9.17) is 4.74 Å². The third-order valence-corrected chi connectivity index (χ3v) is 4.08. The minimum atomic E-state index is -0.432. The van der Waals surface area contributed by atoms with Crippen LogP contribution >= 0.6 is 0 Å². The van der Waals surface area contributed by atoms with E-state index in [1.165, 1.54) is 7.11 Å². The molecule has 2 aromatic rings. The van der Waals surface area contributed by atoms with E-state index < -0.39 is 5.97 Å². The number of para-hydroxylation sites is 1. The fourth-order valence-electron chi connectivity index (χ4n) is 2.75. The fourth-order valence-corrected chi connectivity index (χ4v) is 2.75. The average Bonchev–Trinajstić information content (AvgIpc) is 2.61. The number of hydrogen-bond acceptors (Lipinski definition) is 4. The van der Waals surface area contributed by atoms with Crippen LogP contribution in [0.4, 0.5) is 5.69 Å². The first kappa shape index (κ1) is 16.8. The van der Waals surface area contributed by atoms with Gasteiger partial charge in [-0.1, -0.05) is 36.4 Å². The van der Waals surface area contributed by atoms with Crippen LogP contribution in [0.5, 0.6) is 5.75 Å². The zero-order valence-corrected chi connectivity index (χ0v) is 14.2. The van der Waals surface area contributed by atoms with Crippen molar-refractivity contribution in [3.63, 3.8) is 0 Å². The van der Waals surface area contributed by atoms with E-state index in [2.05, 4.69) is 4.74 Å². The van der Waals surface area contributed by atoms with Crippen LogP contribution in [0.15, 0.2) is 42.5 Å². The van der Waals surface area contributed by atoms with E-state index in [1.807, 2.05) is 48.6 Å². The summed E-state index contributed by atoms with van der Waals surface area (Å²) in [5.41, 5.74) is 3.82. The number of hydrogen-bond donors (Lipinski definition) is 0. The van der Waals surface area contributed by atoms with Crippen LogP contribution in [0.25, 0.3) is 12.2 Å². The van der Waals surface area contributed by atoms with Gasteiger partial charge in [0.05, 0.1) is 19.3 Å². The molecule has 1 amide bonds. The van der Waals surface area contributed by atoms with Crippen molar-refractivity contribution < 1.29 is 19.1 Å². The molecule has 3 rings (SSSR count). The molecule has 0 aromatic heterocycles. The molecule has 0 spiro atoms. The van der Waals surface area contributed by atoms with E-state index in [-0.39, 0.29) is 12.5 Å². The minimum Gasteiger partial charge on any atom is -0.482 e. The lowest BCUT2D eigenvalue weighted by Gasteiger charge is -2.26. The van der Waals surface area contributed by atoms with Gasteiger partial charge in [0.25, 0.3) is 0 Å². The van der Waals surface area contributed by atoms with Crippen molar-refractivity contribution >= 4 is 29.7 Å². The van der Waals surface area contributed by atoms with Gasteiger partial charge in [-0.05, 0) is 34.9 Å². The van der Waals surface area contributed by atoms with Crippen molar-refractivity contribution in [2.24, 2.45) is 0 Å². The highest BCUT2D eigenvalue weighted by Gasteiger charge is 2.18. The van der Waals surface area contributed by atoms with Gasteiger partial charge in [0.2, 0.25) is 5.91 Å². The Balaban J connectivity index is 1.96. The van der Waals surface area contributed by atoms with Gasteiger partial charge in [0.1, 0.15) is 5.75 Å². The number of rotatable bonds is 3. The fraction of sp³-hybridized carbons (Fsp3) is 0.200. The van der Waals surface area contributed by atoms with Crippen LogP contribution in [0, 0.1) is 0 Å². The molecule has 5 heteroatoms. The van der Waals surface area contributed by atoms with Crippen LogP contribution < -0.4 is 9.64 Å². The van der Waals surface area contributed by atoms with E-state index in [9.17, 15) is 9.59 Å². The Hall–Kier alpha value is -3.08. The summed E-state index contributed by atoms with van der Waals surface area (Å²) in [7, 11) is 1.32. The maximum atomic E-state index is 12.1. The smallest absolute Gasteiger partial charge is 0.343 e. The normalized spacial score (nSPS) is 13.8. The number of esters is 1. The molecule has 0 bridgehead atoms. The van der Waals surface area contributed by atoms with Gasteiger partial charge in [-0.3, -0.25) is 4.79 Å². The number of fused-ring (bicyclic) bond motifs is 2. The highest BCUT2D eigenvalue weighted by atomic mass is 16.6. The van der Waals surface area contributed by atoms with Crippen LogP contribution in [-0.2, 0) is 20.9 Å². The van der Waals surface area contributed by atoms with Gasteiger partial charge in [0, 0.05) is 6.92 Å². The summed E-state index contributed by atoms with van der Waals surface area (Å²) in [4.78, 5) is 25.1. The first-order valence-corrected chi connectivity index (χ1v) is 7.96. The Morgan fingerprint density at radius 2 is 1.84 bits per heavy atom. The van der Waals surface area contributed by atoms with Crippen molar-refractivity contribution in [2.45, 2.75) is 13.5 Å². The summed E-state index contributed by atoms with van der Waals surface area (Å²) in [5, 5.41) is 0. The number of benzene rings is 2. The second kappa shape index (κ2) is 7.21. The summed E-state index contributed by atoms with van der Waals surface area (Å²) in [6.07, 6.45) is 3.98. The Morgan fingerprint density at radius 3 is 2.60 bits per heavy atom. The first-order chi connectivity index (χ1) is 12.1. The highest BCUT2D eigenvalue weighted by molar-refractivity contribution is 5.95. The molecule has 0 N–H and O–H groups in total. The summed E-state index contributed by atoms with van der Waals surface area (Å²) in [6.45, 7) is 1.90. The van der Waals surface area contributed by atoms with Gasteiger partial charge in [-0.2, -0.15) is 0 Å². The Bertz CT molecular complexity index is 841. The molecule has 5 nitrogen and oxygen atoms in total. The number of amides is 1. The van der Waals surface area contributed by atoms with Gasteiger partial charge < -0.3 is 14.4 Å². The van der Waals surface area contributed by atoms with Crippen molar-refractivity contribution in [3.8, 4) is 5.75 Å². The number of methoxy groups -OCH3 is 1. The number of carbonyl (C=O) groups excluding carboxylic acids is 2. The minimum absolute atomic E-state index is 0.0142. The summed E-state index contributed by atoms with van der Waals surface area (Å²) >= 11 is 0. The molecule has 1 aliphatic heterocycles. The molecular formula is C20H19NO4. The van der Waals surface area contributed by atoms with E-state index in [1.54, 1.807) is 17.9 Å². The van der Waals surface area contributed by atoms with Gasteiger partial charge in [0.15, 0.2) is 6.61 Å². The third kappa shape index (κ3) is 3.71. The maximum Gasteiger partial charge on any atom is 0.343 e. The number of anilines is 1. The Labute approximate surface area is 146 Å². The molecule has 128 valence electrons. The Kier molecular flexibility index (Phi) is 4.84. The van der Waals surface area contributed by atoms with Crippen LogP contribution in [0.3, 0.4) is 0 Å². The molecule has 2 aromatic carbocycles. The van der Waals surface area contributed by atoms with Crippen LogP contribution in [0.1, 0.15) is 23.6 Å². The molecule has 0 saturated heterocycles. The van der Waals surface area contributed by atoms with Crippen molar-refractivity contribution in [1.29, 1.82) is 0 Å². The van der Waals surface area contributed by atoms with E-state index >= 15 is 0 Å². The van der Waals surface area contributed by atoms with Crippen LogP contribution in [-0.4, -0.2) is 25.6 Å². The first-order valence-electron chi connectivity index (χ1n) is 7.96. The van der Waals surface area contributed by atoms with Gasteiger partial charge in [-0.25, -0.2) is 4.79 Å². The van der Waals surface area contributed by atoms with E-state index in [0.717, 1.165) is 22.4 Å². The zero-order chi connectivity index (χ0) is 17.8. The van der Waals surface area contributed by atoms with Crippen LogP contribution in [0.2, 0.25) is 0 Å². The quantitative estimate of drug-likeness (QED) is 0.807. The number of nitrogens with zero attached hydrogens (tertiary/aromatic N) is 1. The highest BCUT2D eigenvalue weighted by Crippen LogP contribution is 2.30. The molecule has 1 aliphatic rings. The molecule has 0 atom stereocenters. The number of carbonyl (C=O) groups is 2.